The molecular formula is C19H26N4O3. The van der Waals surface area contributed by atoms with Crippen LogP contribution in [0.1, 0.15) is 18.2 Å². The van der Waals surface area contributed by atoms with E-state index >= 15 is 0 Å². The summed E-state index contributed by atoms with van der Waals surface area (Å²) in [4.78, 5) is 16.2. The Bertz CT molecular complexity index is 681. The lowest BCUT2D eigenvalue weighted by molar-refractivity contribution is -0.119. The minimum atomic E-state index is -0.159. The van der Waals surface area contributed by atoms with Crippen molar-refractivity contribution in [2.45, 2.75) is 19.9 Å². The predicted octanol–water partition coefficient (Wildman–Crippen LogP) is 1.70. The van der Waals surface area contributed by atoms with Crippen LogP contribution in [0.3, 0.4) is 0 Å². The third kappa shape index (κ3) is 6.88. The highest BCUT2D eigenvalue weighted by Gasteiger charge is 2.04. The highest BCUT2D eigenvalue weighted by Crippen LogP contribution is 2.11. The zero-order valence-electron chi connectivity index (χ0n) is 15.2. The molecule has 0 saturated heterocycles. The molecule has 7 nitrogen and oxygen atoms in total. The SMILES string of the molecule is CCNC(=NCC(=O)NCc1ccco1)NCCc1ccc(OC)cc1. The topological polar surface area (TPSA) is 87.9 Å². The van der Waals surface area contributed by atoms with Crippen LogP contribution in [0.25, 0.3) is 0 Å². The van der Waals surface area contributed by atoms with Gasteiger partial charge in [-0.25, -0.2) is 4.99 Å². The molecule has 0 saturated carbocycles. The molecule has 0 aliphatic rings. The molecule has 3 N–H and O–H groups in total. The van der Waals surface area contributed by atoms with Crippen LogP contribution in [0.2, 0.25) is 0 Å². The van der Waals surface area contributed by atoms with Gasteiger partial charge in [-0.1, -0.05) is 12.1 Å². The first-order valence-corrected chi connectivity index (χ1v) is 8.65. The van der Waals surface area contributed by atoms with E-state index in [0.717, 1.165) is 18.7 Å². The Balaban J connectivity index is 1.74. The number of benzene rings is 1. The van der Waals surface area contributed by atoms with Crippen LogP contribution in [0.15, 0.2) is 52.1 Å². The van der Waals surface area contributed by atoms with Gasteiger partial charge in [-0.15, -0.1) is 0 Å². The third-order valence-electron chi connectivity index (χ3n) is 3.63. The van der Waals surface area contributed by atoms with Gasteiger partial charge in [0.15, 0.2) is 5.96 Å². The van der Waals surface area contributed by atoms with Crippen molar-refractivity contribution in [2.75, 3.05) is 26.7 Å². The van der Waals surface area contributed by atoms with Gasteiger partial charge in [-0.2, -0.15) is 0 Å². The van der Waals surface area contributed by atoms with Gasteiger partial charge >= 0.3 is 0 Å². The van der Waals surface area contributed by atoms with Crippen molar-refractivity contribution >= 4 is 11.9 Å². The molecule has 0 fully saturated rings. The van der Waals surface area contributed by atoms with Gasteiger partial charge in [0.2, 0.25) is 5.91 Å². The molecule has 1 amide bonds. The van der Waals surface area contributed by atoms with E-state index in [1.807, 2.05) is 37.3 Å². The molecule has 26 heavy (non-hydrogen) atoms. The summed E-state index contributed by atoms with van der Waals surface area (Å²) in [6, 6.07) is 11.6. The molecule has 0 unspecified atom stereocenters. The molecule has 7 heteroatoms. The van der Waals surface area contributed by atoms with E-state index in [9.17, 15) is 4.79 Å². The number of rotatable bonds is 9. The van der Waals surface area contributed by atoms with Gasteiger partial charge < -0.3 is 25.1 Å². The lowest BCUT2D eigenvalue weighted by atomic mass is 10.1. The Morgan fingerprint density at radius 1 is 1.15 bits per heavy atom. The zero-order valence-corrected chi connectivity index (χ0v) is 15.2. The average molecular weight is 358 g/mol. The lowest BCUT2D eigenvalue weighted by Gasteiger charge is -2.11. The third-order valence-corrected chi connectivity index (χ3v) is 3.63. The fraction of sp³-hybridized carbons (Fsp3) is 0.368. The molecule has 0 aliphatic carbocycles. The molecule has 0 radical (unpaired) electrons. The molecule has 0 spiro atoms. The zero-order chi connectivity index (χ0) is 18.6. The molecule has 0 aliphatic heterocycles. The number of carbonyl (C=O) groups is 1. The summed E-state index contributed by atoms with van der Waals surface area (Å²) in [5.74, 6) is 2.02. The van der Waals surface area contributed by atoms with E-state index in [4.69, 9.17) is 9.15 Å². The number of nitrogens with zero attached hydrogens (tertiary/aromatic N) is 1. The number of methoxy groups -OCH3 is 1. The van der Waals surface area contributed by atoms with Gasteiger partial charge in [-0.3, -0.25) is 4.79 Å². The van der Waals surface area contributed by atoms with E-state index in [1.165, 1.54) is 5.56 Å². The van der Waals surface area contributed by atoms with Crippen LogP contribution < -0.4 is 20.7 Å². The van der Waals surface area contributed by atoms with Gasteiger partial charge in [-0.05, 0) is 43.2 Å². The number of carbonyl (C=O) groups excluding carboxylic acids is 1. The van der Waals surface area contributed by atoms with Crippen molar-refractivity contribution in [3.63, 3.8) is 0 Å². The Morgan fingerprint density at radius 3 is 2.62 bits per heavy atom. The Kier molecular flexibility index (Phi) is 8.05. The summed E-state index contributed by atoms with van der Waals surface area (Å²) < 4.78 is 10.3. The van der Waals surface area contributed by atoms with Crippen LogP contribution in [0, 0.1) is 0 Å². The van der Waals surface area contributed by atoms with Crippen LogP contribution in [0.4, 0.5) is 0 Å². The number of aliphatic imine (C=N–C) groups is 1. The van der Waals surface area contributed by atoms with E-state index in [2.05, 4.69) is 20.9 Å². The Hall–Kier alpha value is -2.96. The van der Waals surface area contributed by atoms with Crippen LogP contribution >= 0.6 is 0 Å². The number of nitrogens with one attached hydrogen (secondary N) is 3. The van der Waals surface area contributed by atoms with Gasteiger partial charge in [0.1, 0.15) is 18.1 Å². The van der Waals surface area contributed by atoms with Crippen LogP contribution in [0.5, 0.6) is 5.75 Å². The van der Waals surface area contributed by atoms with Crippen molar-refractivity contribution in [2.24, 2.45) is 4.99 Å². The normalized spacial score (nSPS) is 11.1. The number of ether oxygens (including phenoxy) is 1. The van der Waals surface area contributed by atoms with E-state index in [-0.39, 0.29) is 12.5 Å². The highest BCUT2D eigenvalue weighted by molar-refractivity contribution is 5.84. The van der Waals surface area contributed by atoms with Crippen molar-refractivity contribution in [3.05, 3.63) is 54.0 Å². The van der Waals surface area contributed by atoms with Gasteiger partial charge in [0.05, 0.1) is 19.9 Å². The summed E-state index contributed by atoms with van der Waals surface area (Å²) in [5, 5.41) is 9.13. The predicted molar refractivity (Wildman–Crippen MR) is 101 cm³/mol. The minimum Gasteiger partial charge on any atom is -0.497 e. The average Bonchev–Trinajstić information content (AvgIpc) is 3.18. The van der Waals surface area contributed by atoms with Crippen molar-refractivity contribution in [1.82, 2.24) is 16.0 Å². The number of hydrogen-bond acceptors (Lipinski definition) is 4. The van der Waals surface area contributed by atoms with Crippen LogP contribution in [-0.2, 0) is 17.8 Å². The molecule has 1 aromatic carbocycles. The second kappa shape index (κ2) is 10.8. The fourth-order valence-corrected chi connectivity index (χ4v) is 2.26. The number of amides is 1. The second-order valence-corrected chi connectivity index (χ2v) is 5.58. The maximum absolute atomic E-state index is 11.9. The summed E-state index contributed by atoms with van der Waals surface area (Å²) >= 11 is 0. The summed E-state index contributed by atoms with van der Waals surface area (Å²) in [6.45, 7) is 3.84. The highest BCUT2D eigenvalue weighted by atomic mass is 16.5. The number of hydrogen-bond donors (Lipinski definition) is 3. The maximum Gasteiger partial charge on any atom is 0.242 e. The largest absolute Gasteiger partial charge is 0.497 e. The molecule has 140 valence electrons. The fourth-order valence-electron chi connectivity index (χ4n) is 2.26. The number of guanidine groups is 1. The molecule has 1 heterocycles. The van der Waals surface area contributed by atoms with E-state index in [1.54, 1.807) is 19.4 Å². The molecule has 2 rings (SSSR count). The molecular weight excluding hydrogens is 332 g/mol. The lowest BCUT2D eigenvalue weighted by Crippen LogP contribution is -2.39. The quantitative estimate of drug-likeness (QED) is 0.469. The van der Waals surface area contributed by atoms with Crippen LogP contribution in [-0.4, -0.2) is 38.6 Å². The second-order valence-electron chi connectivity index (χ2n) is 5.58. The summed E-state index contributed by atoms with van der Waals surface area (Å²) in [5.41, 5.74) is 1.20. The Labute approximate surface area is 153 Å². The monoisotopic (exact) mass is 358 g/mol. The molecule has 0 atom stereocenters. The van der Waals surface area contributed by atoms with E-state index < -0.39 is 0 Å². The first-order valence-electron chi connectivity index (χ1n) is 8.65. The number of furan rings is 1. The smallest absolute Gasteiger partial charge is 0.242 e. The first kappa shape index (κ1) is 19.4. The summed E-state index contributed by atoms with van der Waals surface area (Å²) in [7, 11) is 1.65. The molecule has 1 aromatic heterocycles. The van der Waals surface area contributed by atoms with Crippen molar-refractivity contribution < 1.29 is 13.9 Å². The first-order chi connectivity index (χ1) is 12.7. The Morgan fingerprint density at radius 2 is 1.96 bits per heavy atom. The van der Waals surface area contributed by atoms with Crippen molar-refractivity contribution in [1.29, 1.82) is 0 Å². The molecule has 0 bridgehead atoms. The molecule has 2 aromatic rings. The van der Waals surface area contributed by atoms with Crippen molar-refractivity contribution in [3.8, 4) is 5.75 Å². The van der Waals surface area contributed by atoms with Gasteiger partial charge in [0, 0.05) is 13.1 Å². The minimum absolute atomic E-state index is 0.0541. The van der Waals surface area contributed by atoms with E-state index in [0.29, 0.717) is 24.8 Å². The maximum atomic E-state index is 11.9. The summed E-state index contributed by atoms with van der Waals surface area (Å²) in [6.07, 6.45) is 2.43. The standard InChI is InChI=1S/C19H26N4O3/c1-3-20-19(21-11-10-15-6-8-16(25-2)9-7-15)23-14-18(24)22-13-17-5-4-12-26-17/h4-9,12H,3,10-11,13-14H2,1-2H3,(H,22,24)(H2,20,21,23). The van der Waals surface area contributed by atoms with Gasteiger partial charge in [0.25, 0.3) is 0 Å².